The maximum atomic E-state index is 12.3. The van der Waals surface area contributed by atoms with Gasteiger partial charge in [-0.25, -0.2) is 0 Å². The van der Waals surface area contributed by atoms with E-state index in [1.54, 1.807) is 24.3 Å². The number of amides is 2. The minimum absolute atomic E-state index is 0.173. The molecule has 0 aliphatic heterocycles. The second-order valence-corrected chi connectivity index (χ2v) is 5.17. The van der Waals surface area contributed by atoms with Gasteiger partial charge >= 0.3 is 0 Å². The molecule has 0 unspecified atom stereocenters. The average molecular weight is 317 g/mol. The Labute approximate surface area is 138 Å². The Bertz CT molecular complexity index is 926. The van der Waals surface area contributed by atoms with E-state index in [0.29, 0.717) is 17.7 Å². The minimum Gasteiger partial charge on any atom is -0.383 e. The maximum Gasteiger partial charge on any atom is 0.278 e. The summed E-state index contributed by atoms with van der Waals surface area (Å²) in [7, 11) is 0. The molecule has 24 heavy (non-hydrogen) atoms. The smallest absolute Gasteiger partial charge is 0.278 e. The zero-order valence-corrected chi connectivity index (χ0v) is 12.8. The number of rotatable bonds is 4. The average Bonchev–Trinajstić information content (AvgIpc) is 2.62. The van der Waals surface area contributed by atoms with Crippen molar-refractivity contribution in [3.05, 3.63) is 77.9 Å². The third kappa shape index (κ3) is 3.15. The van der Waals surface area contributed by atoms with Crippen LogP contribution in [0.4, 0.5) is 5.69 Å². The Balaban J connectivity index is 1.91. The number of nitrogens with zero attached hydrogens (tertiary/aromatic N) is 1. The van der Waals surface area contributed by atoms with Gasteiger partial charge in [0.15, 0.2) is 0 Å². The Morgan fingerprint density at radius 2 is 1.67 bits per heavy atom. The molecule has 3 rings (SSSR count). The number of amidine groups is 1. The lowest BCUT2D eigenvalue weighted by molar-refractivity contribution is -0.105. The van der Waals surface area contributed by atoms with Crippen LogP contribution in [0.1, 0.15) is 15.9 Å². The normalized spacial score (nSPS) is 11.2. The van der Waals surface area contributed by atoms with Crippen LogP contribution in [0.5, 0.6) is 0 Å². The molecular weight excluding hydrogens is 302 g/mol. The Morgan fingerprint density at radius 3 is 2.42 bits per heavy atom. The second-order valence-electron chi connectivity index (χ2n) is 5.17. The highest BCUT2D eigenvalue weighted by atomic mass is 16.1. The molecule has 0 saturated carbocycles. The third-order valence-electron chi connectivity index (χ3n) is 3.65. The summed E-state index contributed by atoms with van der Waals surface area (Å²) >= 11 is 0. The summed E-state index contributed by atoms with van der Waals surface area (Å²) in [5.41, 5.74) is 7.77. The van der Waals surface area contributed by atoms with Crippen molar-refractivity contribution in [1.82, 2.24) is 0 Å². The first-order valence-corrected chi connectivity index (χ1v) is 7.36. The van der Waals surface area contributed by atoms with Crippen LogP contribution >= 0.6 is 0 Å². The van der Waals surface area contributed by atoms with E-state index in [4.69, 9.17) is 5.73 Å². The number of hydrogen-bond donors (Lipinski definition) is 2. The molecule has 0 radical (unpaired) electrons. The standard InChI is InChI=1S/C19H15N3O2/c20-18(17-7-3-5-13-4-1-2-6-16(13)17)22-19(24)14-8-10-15(11-9-14)21-12-23/h1-12H,(H,21,23)(H2,20,22,24). The van der Waals surface area contributed by atoms with Crippen molar-refractivity contribution < 1.29 is 9.59 Å². The molecule has 0 saturated heterocycles. The predicted octanol–water partition coefficient (Wildman–Crippen LogP) is 2.95. The van der Waals surface area contributed by atoms with Crippen molar-refractivity contribution in [2.75, 3.05) is 5.32 Å². The fourth-order valence-electron chi connectivity index (χ4n) is 2.46. The van der Waals surface area contributed by atoms with Gasteiger partial charge in [0.05, 0.1) is 0 Å². The number of hydrogen-bond acceptors (Lipinski definition) is 2. The molecule has 0 bridgehead atoms. The van der Waals surface area contributed by atoms with E-state index >= 15 is 0 Å². The quantitative estimate of drug-likeness (QED) is 0.441. The second kappa shape index (κ2) is 6.75. The first-order valence-electron chi connectivity index (χ1n) is 7.36. The molecular formula is C19H15N3O2. The van der Waals surface area contributed by atoms with Crippen LogP contribution in [0.15, 0.2) is 71.7 Å². The van der Waals surface area contributed by atoms with Crippen LogP contribution in [-0.4, -0.2) is 18.2 Å². The number of nitrogens with two attached hydrogens (primary N) is 1. The van der Waals surface area contributed by atoms with Gasteiger partial charge in [-0.05, 0) is 35.0 Å². The van der Waals surface area contributed by atoms with E-state index in [1.807, 2.05) is 42.5 Å². The summed E-state index contributed by atoms with van der Waals surface area (Å²) in [4.78, 5) is 26.7. The predicted molar refractivity (Wildman–Crippen MR) is 95.1 cm³/mol. The summed E-state index contributed by atoms with van der Waals surface area (Å²) < 4.78 is 0. The fraction of sp³-hybridized carbons (Fsp3) is 0. The zero-order valence-electron chi connectivity index (χ0n) is 12.8. The first-order chi connectivity index (χ1) is 11.7. The molecule has 5 nitrogen and oxygen atoms in total. The Morgan fingerprint density at radius 1 is 0.958 bits per heavy atom. The van der Waals surface area contributed by atoms with Crippen molar-refractivity contribution >= 4 is 34.6 Å². The molecule has 3 aromatic carbocycles. The number of carbonyl (C=O) groups excluding carboxylic acids is 2. The fourth-order valence-corrected chi connectivity index (χ4v) is 2.46. The largest absolute Gasteiger partial charge is 0.383 e. The van der Waals surface area contributed by atoms with Crippen LogP contribution in [0, 0.1) is 0 Å². The van der Waals surface area contributed by atoms with E-state index < -0.39 is 5.91 Å². The van der Waals surface area contributed by atoms with Crippen LogP contribution in [-0.2, 0) is 4.79 Å². The number of anilines is 1. The molecule has 0 heterocycles. The van der Waals surface area contributed by atoms with Gasteiger partial charge in [0.1, 0.15) is 5.84 Å². The van der Waals surface area contributed by atoms with E-state index in [-0.39, 0.29) is 5.84 Å². The molecule has 5 heteroatoms. The third-order valence-corrected chi connectivity index (χ3v) is 3.65. The lowest BCUT2D eigenvalue weighted by Gasteiger charge is -2.06. The van der Waals surface area contributed by atoms with Gasteiger partial charge in [-0.2, -0.15) is 4.99 Å². The lowest BCUT2D eigenvalue weighted by Crippen LogP contribution is -2.16. The molecule has 3 aromatic rings. The van der Waals surface area contributed by atoms with Crippen molar-refractivity contribution in [2.24, 2.45) is 10.7 Å². The minimum atomic E-state index is -0.432. The molecule has 0 aromatic heterocycles. The first kappa shape index (κ1) is 15.4. The molecule has 2 amide bonds. The van der Waals surface area contributed by atoms with Crippen molar-refractivity contribution in [2.45, 2.75) is 0 Å². The molecule has 118 valence electrons. The molecule has 3 N–H and O–H groups in total. The number of benzene rings is 3. The van der Waals surface area contributed by atoms with E-state index in [1.165, 1.54) is 0 Å². The summed E-state index contributed by atoms with van der Waals surface area (Å²) in [6, 6.07) is 19.9. The van der Waals surface area contributed by atoms with Crippen molar-refractivity contribution in [3.8, 4) is 0 Å². The van der Waals surface area contributed by atoms with Gasteiger partial charge < -0.3 is 11.1 Å². The summed E-state index contributed by atoms with van der Waals surface area (Å²) in [6.07, 6.45) is 0.577. The highest BCUT2D eigenvalue weighted by Crippen LogP contribution is 2.18. The van der Waals surface area contributed by atoms with Crippen LogP contribution < -0.4 is 11.1 Å². The van der Waals surface area contributed by atoms with Crippen molar-refractivity contribution in [3.63, 3.8) is 0 Å². The molecule has 0 atom stereocenters. The SMILES string of the molecule is NC(=NC(=O)c1ccc(NC=O)cc1)c1cccc2ccccc12. The Hall–Kier alpha value is -3.47. The highest BCUT2D eigenvalue weighted by Gasteiger charge is 2.09. The number of nitrogens with one attached hydrogen (secondary N) is 1. The van der Waals surface area contributed by atoms with Crippen LogP contribution in [0.25, 0.3) is 10.8 Å². The van der Waals surface area contributed by atoms with E-state index in [2.05, 4.69) is 10.3 Å². The highest BCUT2D eigenvalue weighted by molar-refractivity contribution is 6.14. The van der Waals surface area contributed by atoms with E-state index in [9.17, 15) is 9.59 Å². The molecule has 0 fully saturated rings. The van der Waals surface area contributed by atoms with Crippen LogP contribution in [0.3, 0.4) is 0 Å². The molecule has 0 aliphatic carbocycles. The zero-order chi connectivity index (χ0) is 16.9. The van der Waals surface area contributed by atoms with E-state index in [0.717, 1.165) is 16.3 Å². The summed E-state index contributed by atoms with van der Waals surface area (Å²) in [5, 5.41) is 4.48. The topological polar surface area (TPSA) is 84.5 Å². The van der Waals surface area contributed by atoms with Gasteiger partial charge in [-0.3, -0.25) is 9.59 Å². The van der Waals surface area contributed by atoms with Gasteiger partial charge in [0.2, 0.25) is 6.41 Å². The van der Waals surface area contributed by atoms with Gasteiger partial charge in [-0.15, -0.1) is 0 Å². The maximum absolute atomic E-state index is 12.3. The molecule has 0 aliphatic rings. The molecule has 0 spiro atoms. The van der Waals surface area contributed by atoms with Gasteiger partial charge in [0, 0.05) is 16.8 Å². The van der Waals surface area contributed by atoms with Crippen LogP contribution in [0.2, 0.25) is 0 Å². The summed E-state index contributed by atoms with van der Waals surface area (Å²) in [5.74, 6) is -0.259. The van der Waals surface area contributed by atoms with Gasteiger partial charge in [0.25, 0.3) is 5.91 Å². The monoisotopic (exact) mass is 317 g/mol. The number of aliphatic imine (C=N–C) groups is 1. The number of fused-ring (bicyclic) bond motifs is 1. The van der Waals surface area contributed by atoms with Crippen molar-refractivity contribution in [1.29, 1.82) is 0 Å². The lowest BCUT2D eigenvalue weighted by atomic mass is 10.0. The Kier molecular flexibility index (Phi) is 4.34. The number of carbonyl (C=O) groups is 2. The van der Waals surface area contributed by atoms with Gasteiger partial charge in [-0.1, -0.05) is 42.5 Å². The summed E-state index contributed by atoms with van der Waals surface area (Å²) in [6.45, 7) is 0.